The summed E-state index contributed by atoms with van der Waals surface area (Å²) >= 11 is 0. The number of aromatic amines is 1. The first-order valence-electron chi connectivity index (χ1n) is 6.76. The van der Waals surface area contributed by atoms with Gasteiger partial charge in [0.05, 0.1) is 5.60 Å². The van der Waals surface area contributed by atoms with Gasteiger partial charge in [-0.3, -0.25) is 4.79 Å². The minimum Gasteiger partial charge on any atom is -0.389 e. The molecule has 0 saturated heterocycles. The van der Waals surface area contributed by atoms with Gasteiger partial charge in [0.25, 0.3) is 5.91 Å². The molecule has 0 aliphatic heterocycles. The standard InChI is InChI=1S/C16H22N2O2/c1-10-6-7-13-12(8-10)11(2)14(17-13)15(19)18(5)9-16(3,4)20/h6-8,17,20H,9H2,1-5H3. The average molecular weight is 274 g/mol. The fourth-order valence-electron chi connectivity index (χ4n) is 2.50. The molecule has 108 valence electrons. The summed E-state index contributed by atoms with van der Waals surface area (Å²) in [5.74, 6) is -0.0986. The number of H-pyrrole nitrogens is 1. The van der Waals surface area contributed by atoms with Crippen LogP contribution in [-0.4, -0.2) is 40.1 Å². The van der Waals surface area contributed by atoms with Gasteiger partial charge >= 0.3 is 0 Å². The van der Waals surface area contributed by atoms with Crippen LogP contribution in [0.5, 0.6) is 0 Å². The summed E-state index contributed by atoms with van der Waals surface area (Å²) in [5, 5.41) is 10.9. The maximum absolute atomic E-state index is 12.5. The lowest BCUT2D eigenvalue weighted by Crippen LogP contribution is -2.40. The van der Waals surface area contributed by atoms with Crippen LogP contribution >= 0.6 is 0 Å². The molecule has 4 heteroatoms. The van der Waals surface area contributed by atoms with Gasteiger partial charge in [-0.2, -0.15) is 0 Å². The van der Waals surface area contributed by atoms with Crippen molar-refractivity contribution in [1.29, 1.82) is 0 Å². The van der Waals surface area contributed by atoms with E-state index < -0.39 is 5.60 Å². The number of fused-ring (bicyclic) bond motifs is 1. The Labute approximate surface area is 119 Å². The summed E-state index contributed by atoms with van der Waals surface area (Å²) in [6.07, 6.45) is 0. The Morgan fingerprint density at radius 2 is 2.00 bits per heavy atom. The molecule has 2 N–H and O–H groups in total. The highest BCUT2D eigenvalue weighted by Crippen LogP contribution is 2.24. The number of hydrogen-bond acceptors (Lipinski definition) is 2. The molecular formula is C16H22N2O2. The average Bonchev–Trinajstić information content (AvgIpc) is 2.64. The van der Waals surface area contributed by atoms with Crippen LogP contribution in [0.2, 0.25) is 0 Å². The van der Waals surface area contributed by atoms with E-state index in [1.807, 2.05) is 26.0 Å². The highest BCUT2D eigenvalue weighted by Gasteiger charge is 2.23. The van der Waals surface area contributed by atoms with Gasteiger partial charge in [0.15, 0.2) is 0 Å². The van der Waals surface area contributed by atoms with E-state index in [2.05, 4.69) is 11.1 Å². The lowest BCUT2D eigenvalue weighted by Gasteiger charge is -2.25. The number of nitrogens with one attached hydrogen (secondary N) is 1. The number of aromatic nitrogens is 1. The molecular weight excluding hydrogens is 252 g/mol. The van der Waals surface area contributed by atoms with Crippen LogP contribution in [0.15, 0.2) is 18.2 Å². The van der Waals surface area contributed by atoms with E-state index in [9.17, 15) is 9.90 Å². The maximum atomic E-state index is 12.5. The van der Waals surface area contributed by atoms with Crippen molar-refractivity contribution in [2.24, 2.45) is 0 Å². The van der Waals surface area contributed by atoms with Crippen molar-refractivity contribution in [3.63, 3.8) is 0 Å². The van der Waals surface area contributed by atoms with E-state index in [0.29, 0.717) is 12.2 Å². The summed E-state index contributed by atoms with van der Waals surface area (Å²) in [6.45, 7) is 7.66. The number of benzene rings is 1. The molecule has 0 radical (unpaired) electrons. The third-order valence-corrected chi connectivity index (χ3v) is 3.40. The first kappa shape index (κ1) is 14.6. The van der Waals surface area contributed by atoms with Gasteiger partial charge in [-0.05, 0) is 45.4 Å². The predicted octanol–water partition coefficient (Wildman–Crippen LogP) is 2.63. The molecule has 2 aromatic rings. The number of carbonyl (C=O) groups excluding carboxylic acids is 1. The molecule has 0 saturated carbocycles. The summed E-state index contributed by atoms with van der Waals surface area (Å²) in [4.78, 5) is 17.2. The van der Waals surface area contributed by atoms with E-state index in [1.54, 1.807) is 25.8 Å². The number of aryl methyl sites for hydroxylation is 2. The molecule has 2 rings (SSSR count). The highest BCUT2D eigenvalue weighted by atomic mass is 16.3. The van der Waals surface area contributed by atoms with Gasteiger partial charge in [-0.15, -0.1) is 0 Å². The summed E-state index contributed by atoms with van der Waals surface area (Å²) in [7, 11) is 1.70. The van der Waals surface area contributed by atoms with E-state index in [4.69, 9.17) is 0 Å². The first-order valence-corrected chi connectivity index (χ1v) is 6.76. The van der Waals surface area contributed by atoms with Gasteiger partial charge in [0, 0.05) is 24.5 Å². The fourth-order valence-corrected chi connectivity index (χ4v) is 2.50. The minimum atomic E-state index is -0.902. The Morgan fingerprint density at radius 3 is 2.60 bits per heavy atom. The maximum Gasteiger partial charge on any atom is 0.270 e. The van der Waals surface area contributed by atoms with E-state index in [0.717, 1.165) is 16.5 Å². The van der Waals surface area contributed by atoms with Crippen LogP contribution in [0.25, 0.3) is 10.9 Å². The van der Waals surface area contributed by atoms with E-state index >= 15 is 0 Å². The second-order valence-electron chi connectivity index (χ2n) is 6.15. The molecule has 0 fully saturated rings. The molecule has 4 nitrogen and oxygen atoms in total. The lowest BCUT2D eigenvalue weighted by atomic mass is 10.1. The third kappa shape index (κ3) is 2.85. The van der Waals surface area contributed by atoms with Crippen LogP contribution in [-0.2, 0) is 0 Å². The van der Waals surface area contributed by atoms with Crippen LogP contribution < -0.4 is 0 Å². The van der Waals surface area contributed by atoms with Crippen molar-refractivity contribution < 1.29 is 9.90 Å². The molecule has 20 heavy (non-hydrogen) atoms. The number of likely N-dealkylation sites (N-methyl/N-ethyl adjacent to an activating group) is 1. The zero-order valence-corrected chi connectivity index (χ0v) is 12.7. The number of rotatable bonds is 3. The topological polar surface area (TPSA) is 56.3 Å². The number of nitrogens with zero attached hydrogens (tertiary/aromatic N) is 1. The molecule has 1 heterocycles. The third-order valence-electron chi connectivity index (χ3n) is 3.40. The Hall–Kier alpha value is -1.81. The molecule has 0 atom stereocenters. The van der Waals surface area contributed by atoms with Gasteiger partial charge in [-0.1, -0.05) is 11.6 Å². The van der Waals surface area contributed by atoms with Crippen molar-refractivity contribution in [1.82, 2.24) is 9.88 Å². The zero-order valence-electron chi connectivity index (χ0n) is 12.7. The molecule has 0 spiro atoms. The monoisotopic (exact) mass is 274 g/mol. The molecule has 0 aliphatic rings. The lowest BCUT2D eigenvalue weighted by molar-refractivity contribution is 0.0365. The van der Waals surface area contributed by atoms with Crippen LogP contribution in [0, 0.1) is 13.8 Å². The van der Waals surface area contributed by atoms with E-state index in [-0.39, 0.29) is 5.91 Å². The quantitative estimate of drug-likeness (QED) is 0.904. The number of carbonyl (C=O) groups is 1. The molecule has 0 bridgehead atoms. The Bertz CT molecular complexity index is 650. The second kappa shape index (κ2) is 4.94. The molecule has 0 aliphatic carbocycles. The van der Waals surface area contributed by atoms with Crippen molar-refractivity contribution in [2.45, 2.75) is 33.3 Å². The first-order chi connectivity index (χ1) is 9.19. The summed E-state index contributed by atoms with van der Waals surface area (Å²) in [6, 6.07) is 6.09. The van der Waals surface area contributed by atoms with Gasteiger partial charge in [0.1, 0.15) is 5.69 Å². The zero-order chi connectivity index (χ0) is 15.1. The van der Waals surface area contributed by atoms with Crippen molar-refractivity contribution >= 4 is 16.8 Å². The Morgan fingerprint density at radius 1 is 1.35 bits per heavy atom. The molecule has 1 aromatic carbocycles. The van der Waals surface area contributed by atoms with Gasteiger partial charge in [-0.25, -0.2) is 0 Å². The highest BCUT2D eigenvalue weighted by molar-refractivity contribution is 6.00. The van der Waals surface area contributed by atoms with Crippen LogP contribution in [0.1, 0.15) is 35.5 Å². The van der Waals surface area contributed by atoms with Gasteiger partial charge < -0.3 is 15.0 Å². The van der Waals surface area contributed by atoms with Crippen LogP contribution in [0.3, 0.4) is 0 Å². The number of hydrogen-bond donors (Lipinski definition) is 2. The van der Waals surface area contributed by atoms with Crippen molar-refractivity contribution in [3.05, 3.63) is 35.0 Å². The smallest absolute Gasteiger partial charge is 0.270 e. The second-order valence-corrected chi connectivity index (χ2v) is 6.15. The Kier molecular flexibility index (Phi) is 3.61. The fraction of sp³-hybridized carbons (Fsp3) is 0.438. The number of amides is 1. The molecule has 1 aromatic heterocycles. The van der Waals surface area contributed by atoms with E-state index in [1.165, 1.54) is 5.56 Å². The summed E-state index contributed by atoms with van der Waals surface area (Å²) in [5.41, 5.74) is 2.78. The predicted molar refractivity (Wildman–Crippen MR) is 81.0 cm³/mol. The van der Waals surface area contributed by atoms with Crippen LogP contribution in [0.4, 0.5) is 0 Å². The van der Waals surface area contributed by atoms with Gasteiger partial charge in [0.2, 0.25) is 0 Å². The minimum absolute atomic E-state index is 0.0986. The van der Waals surface area contributed by atoms with Crippen molar-refractivity contribution in [3.8, 4) is 0 Å². The summed E-state index contributed by atoms with van der Waals surface area (Å²) < 4.78 is 0. The Balaban J connectivity index is 2.38. The molecule has 1 amide bonds. The largest absolute Gasteiger partial charge is 0.389 e. The normalized spacial score (nSPS) is 11.9. The SMILES string of the molecule is Cc1ccc2[nH]c(C(=O)N(C)CC(C)(C)O)c(C)c2c1. The van der Waals surface area contributed by atoms with Crippen molar-refractivity contribution in [2.75, 3.05) is 13.6 Å². The molecule has 0 unspecified atom stereocenters. The number of aliphatic hydroxyl groups is 1.